The highest BCUT2D eigenvalue weighted by Crippen LogP contribution is 2.18. The van der Waals surface area contributed by atoms with Crippen molar-refractivity contribution in [1.29, 1.82) is 0 Å². The van der Waals surface area contributed by atoms with Gasteiger partial charge >= 0.3 is 0 Å². The third-order valence-corrected chi connectivity index (χ3v) is 2.79. The van der Waals surface area contributed by atoms with Crippen molar-refractivity contribution in [3.63, 3.8) is 0 Å². The van der Waals surface area contributed by atoms with Gasteiger partial charge in [-0.05, 0) is 5.92 Å². The lowest BCUT2D eigenvalue weighted by Gasteiger charge is -1.96. The maximum absolute atomic E-state index is 4.49. The molecule has 0 atom stereocenters. The topological polar surface area (TPSA) is 12.9 Å². The molecule has 0 bridgehead atoms. The first kappa shape index (κ1) is 9.20. The molecule has 0 fully saturated rings. The van der Waals surface area contributed by atoms with Crippen molar-refractivity contribution in [2.75, 3.05) is 5.33 Å². The van der Waals surface area contributed by atoms with Gasteiger partial charge in [0.25, 0.3) is 0 Å². The van der Waals surface area contributed by atoms with Gasteiger partial charge in [-0.15, -0.1) is 11.3 Å². The van der Waals surface area contributed by atoms with Gasteiger partial charge in [-0.1, -0.05) is 29.8 Å². The van der Waals surface area contributed by atoms with E-state index < -0.39 is 0 Å². The van der Waals surface area contributed by atoms with Gasteiger partial charge in [0.2, 0.25) is 0 Å². The lowest BCUT2D eigenvalue weighted by atomic mass is 10.2. The van der Waals surface area contributed by atoms with E-state index >= 15 is 0 Å². The Hall–Kier alpha value is 0.110. The summed E-state index contributed by atoms with van der Waals surface area (Å²) in [5, 5.41) is 4.41. The average Bonchev–Trinajstić information content (AvgIpc) is 2.37. The van der Waals surface area contributed by atoms with Gasteiger partial charge in [0.15, 0.2) is 0 Å². The van der Waals surface area contributed by atoms with Crippen molar-refractivity contribution in [2.24, 2.45) is 0 Å². The zero-order chi connectivity index (χ0) is 8.27. The quantitative estimate of drug-likeness (QED) is 0.732. The molecule has 0 amide bonds. The summed E-state index contributed by atoms with van der Waals surface area (Å²) in [5.41, 5.74) is 1.23. The van der Waals surface area contributed by atoms with Crippen LogP contribution < -0.4 is 0 Å². The Morgan fingerprint density at radius 1 is 1.64 bits per heavy atom. The largest absolute Gasteiger partial charge is 0.246 e. The minimum absolute atomic E-state index is 0.565. The Labute approximate surface area is 80.0 Å². The third kappa shape index (κ3) is 2.56. The fourth-order valence-electron chi connectivity index (χ4n) is 0.786. The normalized spacial score (nSPS) is 10.9. The van der Waals surface area contributed by atoms with E-state index in [0.717, 1.165) is 11.8 Å². The van der Waals surface area contributed by atoms with Gasteiger partial charge in [0.1, 0.15) is 0 Å². The Morgan fingerprint density at radius 2 is 2.36 bits per heavy atom. The average molecular weight is 234 g/mol. The summed E-state index contributed by atoms with van der Waals surface area (Å²) in [7, 11) is 0. The fraction of sp³-hybridized carbons (Fsp3) is 0.625. The zero-order valence-electron chi connectivity index (χ0n) is 6.80. The van der Waals surface area contributed by atoms with Crippen LogP contribution in [0.15, 0.2) is 5.38 Å². The monoisotopic (exact) mass is 233 g/mol. The van der Waals surface area contributed by atoms with E-state index in [-0.39, 0.29) is 0 Å². The molecule has 0 unspecified atom stereocenters. The molecule has 0 N–H and O–H groups in total. The predicted molar refractivity (Wildman–Crippen MR) is 53.7 cm³/mol. The maximum Gasteiger partial charge on any atom is 0.0936 e. The van der Waals surface area contributed by atoms with Crippen molar-refractivity contribution in [1.82, 2.24) is 4.98 Å². The van der Waals surface area contributed by atoms with Gasteiger partial charge < -0.3 is 0 Å². The van der Waals surface area contributed by atoms with Gasteiger partial charge in [-0.25, -0.2) is 4.98 Å². The van der Waals surface area contributed by atoms with Crippen LogP contribution in [0.3, 0.4) is 0 Å². The van der Waals surface area contributed by atoms with E-state index in [0.29, 0.717) is 5.92 Å². The number of aromatic nitrogens is 1. The molecule has 3 heteroatoms. The Balaban J connectivity index is 2.66. The Kier molecular flexibility index (Phi) is 3.52. The molecule has 0 spiro atoms. The molecule has 11 heavy (non-hydrogen) atoms. The van der Waals surface area contributed by atoms with Gasteiger partial charge in [-0.3, -0.25) is 0 Å². The molecule has 1 nitrogen and oxygen atoms in total. The summed E-state index contributed by atoms with van der Waals surface area (Å²) in [4.78, 5) is 4.49. The van der Waals surface area contributed by atoms with Crippen LogP contribution in [0.2, 0.25) is 0 Å². The van der Waals surface area contributed by atoms with Crippen molar-refractivity contribution in [3.05, 3.63) is 16.1 Å². The van der Waals surface area contributed by atoms with Gasteiger partial charge in [0, 0.05) is 17.1 Å². The number of nitrogens with zero attached hydrogens (tertiary/aromatic N) is 1. The lowest BCUT2D eigenvalue weighted by molar-refractivity contribution is 0.824. The third-order valence-electron chi connectivity index (χ3n) is 1.47. The van der Waals surface area contributed by atoms with Crippen LogP contribution in [0.5, 0.6) is 0 Å². The molecule has 1 aromatic rings. The second-order valence-corrected chi connectivity index (χ2v) is 4.50. The van der Waals surface area contributed by atoms with Crippen LogP contribution in [-0.2, 0) is 6.42 Å². The number of halogens is 1. The summed E-state index contributed by atoms with van der Waals surface area (Å²) in [6.45, 7) is 4.35. The maximum atomic E-state index is 4.49. The first-order valence-electron chi connectivity index (χ1n) is 3.74. The summed E-state index contributed by atoms with van der Waals surface area (Å²) in [6, 6.07) is 0. The number of thiazole rings is 1. The Bertz CT molecular complexity index is 220. The smallest absolute Gasteiger partial charge is 0.0936 e. The zero-order valence-corrected chi connectivity index (χ0v) is 9.20. The van der Waals surface area contributed by atoms with Crippen LogP contribution in [0.1, 0.15) is 30.5 Å². The van der Waals surface area contributed by atoms with Crippen molar-refractivity contribution in [3.8, 4) is 0 Å². The minimum atomic E-state index is 0.565. The summed E-state index contributed by atoms with van der Waals surface area (Å²) >= 11 is 5.16. The van der Waals surface area contributed by atoms with E-state index in [1.54, 1.807) is 11.3 Å². The summed E-state index contributed by atoms with van der Waals surface area (Å²) < 4.78 is 0. The SMILES string of the molecule is CC(C)c1csc(CCBr)n1. The second-order valence-electron chi connectivity index (χ2n) is 2.76. The number of hydrogen-bond acceptors (Lipinski definition) is 2. The van der Waals surface area contributed by atoms with Crippen LogP contribution in [-0.4, -0.2) is 10.3 Å². The van der Waals surface area contributed by atoms with Gasteiger partial charge in [0.05, 0.1) is 10.7 Å². The molecule has 62 valence electrons. The molecule has 1 aromatic heterocycles. The number of alkyl halides is 1. The first-order chi connectivity index (χ1) is 5.24. The van der Waals surface area contributed by atoms with E-state index in [2.05, 4.69) is 40.1 Å². The standard InChI is InChI=1S/C8H12BrNS/c1-6(2)7-5-11-8(10-7)3-4-9/h5-6H,3-4H2,1-2H3. The molecule has 0 saturated heterocycles. The van der Waals surface area contributed by atoms with Crippen LogP contribution in [0, 0.1) is 0 Å². The van der Waals surface area contributed by atoms with Crippen molar-refractivity contribution >= 4 is 27.3 Å². The minimum Gasteiger partial charge on any atom is -0.246 e. The highest BCUT2D eigenvalue weighted by atomic mass is 79.9. The molecular weight excluding hydrogens is 222 g/mol. The van der Waals surface area contributed by atoms with Crippen LogP contribution >= 0.6 is 27.3 Å². The summed E-state index contributed by atoms with van der Waals surface area (Å²) in [5.74, 6) is 0.565. The Morgan fingerprint density at radius 3 is 2.82 bits per heavy atom. The van der Waals surface area contributed by atoms with Gasteiger partial charge in [-0.2, -0.15) is 0 Å². The highest BCUT2D eigenvalue weighted by molar-refractivity contribution is 9.09. The predicted octanol–water partition coefficient (Wildman–Crippen LogP) is 3.20. The molecule has 0 radical (unpaired) electrons. The van der Waals surface area contributed by atoms with Crippen LogP contribution in [0.25, 0.3) is 0 Å². The fourth-order valence-corrected chi connectivity index (χ4v) is 2.38. The number of hydrogen-bond donors (Lipinski definition) is 0. The van der Waals surface area contributed by atoms with E-state index in [4.69, 9.17) is 0 Å². The van der Waals surface area contributed by atoms with E-state index in [1.165, 1.54) is 10.7 Å². The van der Waals surface area contributed by atoms with Crippen LogP contribution in [0.4, 0.5) is 0 Å². The number of rotatable bonds is 3. The number of aryl methyl sites for hydroxylation is 1. The first-order valence-corrected chi connectivity index (χ1v) is 5.74. The molecule has 0 aliphatic rings. The molecule has 1 rings (SSSR count). The van der Waals surface area contributed by atoms with E-state index in [9.17, 15) is 0 Å². The molecular formula is C8H12BrNS. The molecule has 0 aromatic carbocycles. The summed E-state index contributed by atoms with van der Waals surface area (Å²) in [6.07, 6.45) is 1.05. The second kappa shape index (κ2) is 4.21. The lowest BCUT2D eigenvalue weighted by Crippen LogP contribution is -1.89. The van der Waals surface area contributed by atoms with Crippen molar-refractivity contribution in [2.45, 2.75) is 26.2 Å². The van der Waals surface area contributed by atoms with Crippen molar-refractivity contribution < 1.29 is 0 Å². The molecule has 0 saturated carbocycles. The highest BCUT2D eigenvalue weighted by Gasteiger charge is 2.03. The molecule has 0 aliphatic carbocycles. The molecule has 1 heterocycles. The molecule has 0 aliphatic heterocycles. The van der Waals surface area contributed by atoms with E-state index in [1.807, 2.05) is 0 Å².